The molecule has 0 bridgehead atoms. The lowest BCUT2D eigenvalue weighted by atomic mass is 10.0. The molecule has 1 aliphatic carbocycles. The molecule has 2 aromatic carbocycles. The van der Waals surface area contributed by atoms with Crippen molar-refractivity contribution in [2.45, 2.75) is 39.2 Å². The van der Waals surface area contributed by atoms with Crippen LogP contribution in [0.3, 0.4) is 0 Å². The van der Waals surface area contributed by atoms with Crippen molar-refractivity contribution in [3.63, 3.8) is 0 Å². The Kier molecular flexibility index (Phi) is 5.17. The Labute approximate surface area is 148 Å². The number of aryl methyl sites for hydroxylation is 1. The van der Waals surface area contributed by atoms with Crippen molar-refractivity contribution in [1.82, 2.24) is 5.32 Å². The van der Waals surface area contributed by atoms with E-state index in [2.05, 4.69) is 41.8 Å². The summed E-state index contributed by atoms with van der Waals surface area (Å²) in [5, 5.41) is 5.96. The first kappa shape index (κ1) is 17.2. The lowest BCUT2D eigenvalue weighted by Crippen LogP contribution is -2.28. The van der Waals surface area contributed by atoms with E-state index in [-0.39, 0.29) is 23.8 Å². The number of benzene rings is 2. The Morgan fingerprint density at radius 2 is 1.68 bits per heavy atom. The van der Waals surface area contributed by atoms with Crippen LogP contribution >= 0.6 is 0 Å². The van der Waals surface area contributed by atoms with Gasteiger partial charge in [-0.1, -0.05) is 36.8 Å². The van der Waals surface area contributed by atoms with Gasteiger partial charge in [0.15, 0.2) is 0 Å². The van der Waals surface area contributed by atoms with Crippen LogP contribution in [0, 0.1) is 12.8 Å². The third-order valence-corrected chi connectivity index (χ3v) is 4.56. The van der Waals surface area contributed by atoms with Crippen LogP contribution in [-0.2, 0) is 4.79 Å². The number of rotatable bonds is 6. The molecule has 4 nitrogen and oxygen atoms in total. The van der Waals surface area contributed by atoms with Gasteiger partial charge >= 0.3 is 0 Å². The molecule has 4 heteroatoms. The van der Waals surface area contributed by atoms with Crippen molar-refractivity contribution in [3.05, 3.63) is 65.2 Å². The fraction of sp³-hybridized carbons (Fsp3) is 0.333. The zero-order valence-corrected chi connectivity index (χ0v) is 14.7. The number of carbonyl (C=O) groups excluding carboxylic acids is 2. The van der Waals surface area contributed by atoms with Gasteiger partial charge < -0.3 is 10.6 Å². The van der Waals surface area contributed by atoms with Crippen LogP contribution in [0.4, 0.5) is 5.69 Å². The maximum absolute atomic E-state index is 12.5. The fourth-order valence-electron chi connectivity index (χ4n) is 2.76. The first-order valence-corrected chi connectivity index (χ1v) is 8.85. The highest BCUT2D eigenvalue weighted by atomic mass is 16.2. The van der Waals surface area contributed by atoms with E-state index in [4.69, 9.17) is 0 Å². The van der Waals surface area contributed by atoms with Gasteiger partial charge in [0.1, 0.15) is 0 Å². The van der Waals surface area contributed by atoms with Crippen LogP contribution in [0.15, 0.2) is 48.5 Å². The molecular formula is C21H24N2O2. The number of hydrogen-bond donors (Lipinski definition) is 2. The van der Waals surface area contributed by atoms with E-state index in [0.29, 0.717) is 5.56 Å². The lowest BCUT2D eigenvalue weighted by Gasteiger charge is -2.18. The Morgan fingerprint density at radius 1 is 1.04 bits per heavy atom. The minimum Gasteiger partial charge on any atom is -0.345 e. The van der Waals surface area contributed by atoms with Crippen molar-refractivity contribution in [3.8, 4) is 0 Å². The van der Waals surface area contributed by atoms with Crippen molar-refractivity contribution in [2.24, 2.45) is 5.92 Å². The minimum atomic E-state index is -0.104. The number of hydrogen-bond acceptors (Lipinski definition) is 2. The highest BCUT2D eigenvalue weighted by Crippen LogP contribution is 2.30. The normalized spacial score (nSPS) is 14.6. The molecule has 1 fully saturated rings. The summed E-state index contributed by atoms with van der Waals surface area (Å²) in [5.41, 5.74) is 3.64. The van der Waals surface area contributed by atoms with E-state index in [1.807, 2.05) is 6.92 Å². The molecule has 3 rings (SSSR count). The standard InChI is InChI=1S/C21H24N2O2/c1-3-19(15-6-4-14(2)5-7-15)23-21(25)17-10-12-18(13-11-17)22-20(24)16-8-9-16/h4-7,10-13,16,19H,3,8-9H2,1-2H3,(H,22,24)(H,23,25)/t19-/m1/s1. The molecule has 130 valence electrons. The summed E-state index contributed by atoms with van der Waals surface area (Å²) in [6.45, 7) is 4.11. The fourth-order valence-corrected chi connectivity index (χ4v) is 2.76. The Morgan fingerprint density at radius 3 is 2.24 bits per heavy atom. The van der Waals surface area contributed by atoms with Gasteiger partial charge in [0.25, 0.3) is 5.91 Å². The largest absolute Gasteiger partial charge is 0.345 e. The van der Waals surface area contributed by atoms with Crippen molar-refractivity contribution >= 4 is 17.5 Å². The molecule has 2 aromatic rings. The summed E-state index contributed by atoms with van der Waals surface area (Å²) >= 11 is 0. The molecule has 0 saturated heterocycles. The highest BCUT2D eigenvalue weighted by Gasteiger charge is 2.29. The predicted molar refractivity (Wildman–Crippen MR) is 99.5 cm³/mol. The summed E-state index contributed by atoms with van der Waals surface area (Å²) in [6.07, 6.45) is 2.78. The topological polar surface area (TPSA) is 58.2 Å². The summed E-state index contributed by atoms with van der Waals surface area (Å²) in [5.74, 6) is 0.137. The zero-order valence-electron chi connectivity index (χ0n) is 14.7. The van der Waals surface area contributed by atoms with E-state index in [1.54, 1.807) is 24.3 Å². The van der Waals surface area contributed by atoms with Crippen molar-refractivity contribution < 1.29 is 9.59 Å². The number of anilines is 1. The van der Waals surface area contributed by atoms with Gasteiger partial charge in [-0.15, -0.1) is 0 Å². The maximum Gasteiger partial charge on any atom is 0.251 e. The highest BCUT2D eigenvalue weighted by molar-refractivity contribution is 5.97. The van der Waals surface area contributed by atoms with Crippen LogP contribution in [-0.4, -0.2) is 11.8 Å². The zero-order chi connectivity index (χ0) is 17.8. The molecule has 0 aliphatic heterocycles. The predicted octanol–water partition coefficient (Wildman–Crippen LogP) is 4.22. The number of carbonyl (C=O) groups is 2. The second-order valence-electron chi connectivity index (χ2n) is 6.69. The average molecular weight is 336 g/mol. The van der Waals surface area contributed by atoms with Crippen molar-refractivity contribution in [2.75, 3.05) is 5.32 Å². The summed E-state index contributed by atoms with van der Waals surface area (Å²) < 4.78 is 0. The second-order valence-corrected chi connectivity index (χ2v) is 6.69. The average Bonchev–Trinajstić information content (AvgIpc) is 3.46. The molecule has 2 amide bonds. The van der Waals surface area contributed by atoms with E-state index < -0.39 is 0 Å². The number of nitrogens with one attached hydrogen (secondary N) is 2. The summed E-state index contributed by atoms with van der Waals surface area (Å²) in [6, 6.07) is 15.3. The first-order valence-electron chi connectivity index (χ1n) is 8.85. The third kappa shape index (κ3) is 4.47. The van der Waals surface area contributed by atoms with E-state index in [9.17, 15) is 9.59 Å². The molecule has 2 N–H and O–H groups in total. The van der Waals surface area contributed by atoms with Gasteiger partial charge in [0, 0.05) is 17.2 Å². The van der Waals surface area contributed by atoms with Crippen LogP contribution < -0.4 is 10.6 Å². The number of amides is 2. The minimum absolute atomic E-state index is 0.0117. The molecule has 0 unspecified atom stereocenters. The third-order valence-electron chi connectivity index (χ3n) is 4.56. The Balaban J connectivity index is 1.63. The van der Waals surface area contributed by atoms with Gasteiger partial charge in [0.05, 0.1) is 6.04 Å². The summed E-state index contributed by atoms with van der Waals surface area (Å²) in [4.78, 5) is 24.3. The summed E-state index contributed by atoms with van der Waals surface area (Å²) in [7, 11) is 0. The van der Waals surface area contributed by atoms with Crippen LogP contribution in [0.2, 0.25) is 0 Å². The van der Waals surface area contributed by atoms with E-state index in [0.717, 1.165) is 30.5 Å². The molecule has 1 saturated carbocycles. The Hall–Kier alpha value is -2.62. The molecule has 0 spiro atoms. The first-order chi connectivity index (χ1) is 12.1. The molecular weight excluding hydrogens is 312 g/mol. The second kappa shape index (κ2) is 7.51. The molecule has 1 aliphatic rings. The van der Waals surface area contributed by atoms with Crippen LogP contribution in [0.5, 0.6) is 0 Å². The van der Waals surface area contributed by atoms with Crippen molar-refractivity contribution in [1.29, 1.82) is 0 Å². The van der Waals surface area contributed by atoms with Crippen LogP contribution in [0.25, 0.3) is 0 Å². The maximum atomic E-state index is 12.5. The molecule has 1 atom stereocenters. The molecule has 25 heavy (non-hydrogen) atoms. The molecule has 0 heterocycles. The van der Waals surface area contributed by atoms with Crippen LogP contribution in [0.1, 0.15) is 53.7 Å². The quantitative estimate of drug-likeness (QED) is 0.829. The Bertz CT molecular complexity index is 746. The van der Waals surface area contributed by atoms with E-state index >= 15 is 0 Å². The monoisotopic (exact) mass is 336 g/mol. The lowest BCUT2D eigenvalue weighted by molar-refractivity contribution is -0.117. The van der Waals surface area contributed by atoms with Gasteiger partial charge in [-0.2, -0.15) is 0 Å². The smallest absolute Gasteiger partial charge is 0.251 e. The van der Waals surface area contributed by atoms with E-state index in [1.165, 1.54) is 5.56 Å². The molecule has 0 radical (unpaired) electrons. The van der Waals surface area contributed by atoms with Gasteiger partial charge in [-0.3, -0.25) is 9.59 Å². The van der Waals surface area contributed by atoms with Gasteiger partial charge in [0.2, 0.25) is 5.91 Å². The van der Waals surface area contributed by atoms with Gasteiger partial charge in [-0.25, -0.2) is 0 Å². The van der Waals surface area contributed by atoms with Gasteiger partial charge in [-0.05, 0) is 56.0 Å². The molecule has 0 aromatic heterocycles. The SMILES string of the molecule is CC[C@@H](NC(=O)c1ccc(NC(=O)C2CC2)cc1)c1ccc(C)cc1.